The second kappa shape index (κ2) is 8.54. The van der Waals surface area contributed by atoms with Crippen LogP contribution in [0.25, 0.3) is 10.9 Å². The molecule has 1 aromatic heterocycles. The van der Waals surface area contributed by atoms with Crippen LogP contribution in [0.15, 0.2) is 60.7 Å². The van der Waals surface area contributed by atoms with Gasteiger partial charge in [-0.15, -0.1) is 0 Å². The first kappa shape index (κ1) is 19.9. The Bertz CT molecular complexity index is 1080. The van der Waals surface area contributed by atoms with E-state index >= 15 is 0 Å². The summed E-state index contributed by atoms with van der Waals surface area (Å²) >= 11 is 0. The molecule has 1 amide bonds. The molecular weight excluding hydrogens is 374 g/mol. The van der Waals surface area contributed by atoms with Crippen LogP contribution >= 0.6 is 0 Å². The minimum atomic E-state index is -0.544. The molecule has 0 N–H and O–H groups in total. The van der Waals surface area contributed by atoms with E-state index < -0.39 is 5.54 Å². The molecule has 2 aromatic carbocycles. The molecule has 0 bridgehead atoms. The number of nitriles is 1. The van der Waals surface area contributed by atoms with Crippen molar-refractivity contribution in [3.8, 4) is 11.9 Å². The van der Waals surface area contributed by atoms with Gasteiger partial charge in [0, 0.05) is 12.3 Å². The van der Waals surface area contributed by atoms with Crippen LogP contribution < -0.4 is 4.74 Å². The molecule has 0 spiro atoms. The van der Waals surface area contributed by atoms with Gasteiger partial charge in [-0.05, 0) is 42.7 Å². The van der Waals surface area contributed by atoms with Crippen molar-refractivity contribution in [1.29, 1.82) is 5.26 Å². The van der Waals surface area contributed by atoms with E-state index in [-0.39, 0.29) is 5.91 Å². The summed E-state index contributed by atoms with van der Waals surface area (Å²) in [5, 5.41) is 10.7. The Balaban J connectivity index is 1.52. The fourth-order valence-corrected chi connectivity index (χ4v) is 4.45. The van der Waals surface area contributed by atoms with Crippen molar-refractivity contribution in [2.24, 2.45) is 0 Å². The summed E-state index contributed by atoms with van der Waals surface area (Å²) in [4.78, 5) is 18.1. The molecule has 4 rings (SSSR count). The number of rotatable bonds is 5. The number of aromatic nitrogens is 1. The van der Waals surface area contributed by atoms with E-state index in [2.05, 4.69) is 17.2 Å². The Hall–Kier alpha value is -3.39. The third-order valence-corrected chi connectivity index (χ3v) is 5.96. The summed E-state index contributed by atoms with van der Waals surface area (Å²) in [5.41, 5.74) is 2.27. The summed E-state index contributed by atoms with van der Waals surface area (Å²) in [6.45, 7) is 1.85. The second-order valence-electron chi connectivity index (χ2n) is 7.86. The molecule has 0 aliphatic heterocycles. The summed E-state index contributed by atoms with van der Waals surface area (Å²) in [6, 6.07) is 19.9. The lowest BCUT2D eigenvalue weighted by atomic mass is 9.75. The fourth-order valence-electron chi connectivity index (χ4n) is 4.45. The Morgan fingerprint density at radius 3 is 2.50 bits per heavy atom. The van der Waals surface area contributed by atoms with E-state index in [1.165, 1.54) is 11.8 Å². The molecule has 30 heavy (non-hydrogen) atoms. The van der Waals surface area contributed by atoms with Crippen LogP contribution in [0.1, 0.15) is 50.3 Å². The summed E-state index contributed by atoms with van der Waals surface area (Å²) in [6.07, 6.45) is 6.90. The average Bonchev–Trinajstić information content (AvgIpc) is 2.78. The second-order valence-corrected chi connectivity index (χ2v) is 7.86. The number of hydrogen-bond acceptors (Lipinski definition) is 4. The maximum absolute atomic E-state index is 12.1. The largest absolute Gasteiger partial charge is 0.487 e. The number of pyridine rings is 1. The van der Waals surface area contributed by atoms with E-state index in [0.29, 0.717) is 6.61 Å². The standard InChI is InChI=1S/C25H25N3O2/c1-19(29)28(18-26)25(15-5-2-6-16-25)21-10-13-23(14-11-21)30-17-22-12-9-20-7-3-4-8-24(20)27-22/h3-4,7-14H,2,5-6,15-17H2,1H3. The molecular formula is C25H25N3O2. The molecule has 1 saturated carbocycles. The molecule has 0 saturated heterocycles. The Morgan fingerprint density at radius 2 is 1.80 bits per heavy atom. The third-order valence-electron chi connectivity index (χ3n) is 5.96. The highest BCUT2D eigenvalue weighted by Gasteiger charge is 2.41. The molecule has 0 atom stereocenters. The van der Waals surface area contributed by atoms with Crippen LogP contribution in [0.4, 0.5) is 0 Å². The molecule has 1 aliphatic rings. The lowest BCUT2D eigenvalue weighted by Crippen LogP contribution is -2.47. The Morgan fingerprint density at radius 1 is 1.07 bits per heavy atom. The maximum Gasteiger partial charge on any atom is 0.233 e. The number of carbonyl (C=O) groups excluding carboxylic acids is 1. The zero-order valence-electron chi connectivity index (χ0n) is 17.2. The molecule has 5 heteroatoms. The van der Waals surface area contributed by atoms with E-state index in [4.69, 9.17) is 4.74 Å². The lowest BCUT2D eigenvalue weighted by Gasteiger charge is -2.42. The number of ether oxygens (including phenoxy) is 1. The number of carbonyl (C=O) groups is 1. The van der Waals surface area contributed by atoms with E-state index in [0.717, 1.165) is 60.0 Å². The fraction of sp³-hybridized carbons (Fsp3) is 0.320. The highest BCUT2D eigenvalue weighted by atomic mass is 16.5. The number of amides is 1. The summed E-state index contributed by atoms with van der Waals surface area (Å²) in [5.74, 6) is 0.535. The third kappa shape index (κ3) is 3.86. The van der Waals surface area contributed by atoms with Crippen LogP contribution in [0.2, 0.25) is 0 Å². The quantitative estimate of drug-likeness (QED) is 0.431. The monoisotopic (exact) mass is 399 g/mol. The predicted octanol–water partition coefficient (Wildman–Crippen LogP) is 5.30. The summed E-state index contributed by atoms with van der Waals surface area (Å²) in [7, 11) is 0. The van der Waals surface area contributed by atoms with Crippen molar-refractivity contribution < 1.29 is 9.53 Å². The minimum Gasteiger partial charge on any atom is -0.487 e. The van der Waals surface area contributed by atoms with Crippen molar-refractivity contribution in [1.82, 2.24) is 9.88 Å². The van der Waals surface area contributed by atoms with Gasteiger partial charge in [-0.3, -0.25) is 4.79 Å². The van der Waals surface area contributed by atoms with E-state index in [1.807, 2.05) is 54.6 Å². The van der Waals surface area contributed by atoms with Crippen LogP contribution in [-0.4, -0.2) is 15.8 Å². The number of fused-ring (bicyclic) bond motifs is 1. The first-order chi connectivity index (χ1) is 14.6. The van der Waals surface area contributed by atoms with Crippen LogP contribution in [0.5, 0.6) is 5.75 Å². The minimum absolute atomic E-state index is 0.206. The van der Waals surface area contributed by atoms with Gasteiger partial charge in [-0.2, -0.15) is 5.26 Å². The van der Waals surface area contributed by atoms with Gasteiger partial charge in [-0.25, -0.2) is 9.88 Å². The zero-order valence-corrected chi connectivity index (χ0v) is 17.2. The Kier molecular flexibility index (Phi) is 5.67. The van der Waals surface area contributed by atoms with Gasteiger partial charge in [0.25, 0.3) is 0 Å². The highest BCUT2D eigenvalue weighted by Crippen LogP contribution is 2.42. The maximum atomic E-state index is 12.1. The molecule has 5 nitrogen and oxygen atoms in total. The molecule has 152 valence electrons. The van der Waals surface area contributed by atoms with Crippen molar-refractivity contribution >= 4 is 16.8 Å². The van der Waals surface area contributed by atoms with Crippen LogP contribution in [0, 0.1) is 11.5 Å². The smallest absolute Gasteiger partial charge is 0.233 e. The first-order valence-corrected chi connectivity index (χ1v) is 10.4. The van der Waals surface area contributed by atoms with Gasteiger partial charge >= 0.3 is 0 Å². The van der Waals surface area contributed by atoms with Crippen LogP contribution in [0.3, 0.4) is 0 Å². The number of nitrogens with zero attached hydrogens (tertiary/aromatic N) is 3. The topological polar surface area (TPSA) is 66.2 Å². The zero-order chi connectivity index (χ0) is 21.0. The van der Waals surface area contributed by atoms with E-state index in [9.17, 15) is 10.1 Å². The lowest BCUT2D eigenvalue weighted by molar-refractivity contribution is -0.132. The average molecular weight is 399 g/mol. The van der Waals surface area contributed by atoms with Crippen molar-refractivity contribution in [3.05, 3.63) is 71.9 Å². The van der Waals surface area contributed by atoms with Gasteiger partial charge in [0.2, 0.25) is 5.91 Å². The van der Waals surface area contributed by atoms with Gasteiger partial charge in [-0.1, -0.05) is 55.7 Å². The Labute approximate surface area is 176 Å². The van der Waals surface area contributed by atoms with Gasteiger partial charge in [0.05, 0.1) is 16.7 Å². The SMILES string of the molecule is CC(=O)N(C#N)C1(c2ccc(OCc3ccc4ccccc4n3)cc2)CCCCC1. The molecule has 1 fully saturated rings. The molecule has 3 aromatic rings. The summed E-state index contributed by atoms with van der Waals surface area (Å²) < 4.78 is 5.94. The van der Waals surface area contributed by atoms with Crippen molar-refractivity contribution in [3.63, 3.8) is 0 Å². The number of benzene rings is 2. The van der Waals surface area contributed by atoms with Crippen LogP contribution in [-0.2, 0) is 16.9 Å². The number of hydrogen-bond donors (Lipinski definition) is 0. The molecule has 0 radical (unpaired) electrons. The first-order valence-electron chi connectivity index (χ1n) is 10.4. The molecule has 1 aliphatic carbocycles. The van der Waals surface area contributed by atoms with Gasteiger partial charge in [0.15, 0.2) is 6.19 Å². The highest BCUT2D eigenvalue weighted by molar-refractivity contribution is 5.78. The van der Waals surface area contributed by atoms with E-state index in [1.54, 1.807) is 0 Å². The van der Waals surface area contributed by atoms with Gasteiger partial charge < -0.3 is 4.74 Å². The normalized spacial score (nSPS) is 15.3. The van der Waals surface area contributed by atoms with Crippen molar-refractivity contribution in [2.75, 3.05) is 0 Å². The molecule has 1 heterocycles. The predicted molar refractivity (Wildman–Crippen MR) is 115 cm³/mol. The molecule has 0 unspecified atom stereocenters. The van der Waals surface area contributed by atoms with Gasteiger partial charge in [0.1, 0.15) is 12.4 Å². The van der Waals surface area contributed by atoms with Crippen molar-refractivity contribution in [2.45, 2.75) is 51.2 Å². The number of para-hydroxylation sites is 1.